The Morgan fingerprint density at radius 3 is 2.59 bits per heavy atom. The molecule has 0 atom stereocenters. The number of fused-ring (bicyclic) bond motifs is 1. The molecule has 1 N–H and O–H groups in total. The number of carbonyl (C=O) groups is 1. The van der Waals surface area contributed by atoms with Gasteiger partial charge in [-0.3, -0.25) is 4.79 Å². The molecule has 2 aliphatic rings. The van der Waals surface area contributed by atoms with Gasteiger partial charge in [0.1, 0.15) is 17.2 Å². The summed E-state index contributed by atoms with van der Waals surface area (Å²) >= 11 is 0. The van der Waals surface area contributed by atoms with E-state index in [1.54, 1.807) is 12.1 Å². The molecule has 6 heteroatoms. The first-order valence-corrected chi connectivity index (χ1v) is 10.1. The molecule has 0 saturated carbocycles. The zero-order chi connectivity index (χ0) is 20.0. The first-order chi connectivity index (χ1) is 14.0. The Hall–Kier alpha value is -3.15. The number of hydrogen-bond donors (Lipinski definition) is 1. The van der Waals surface area contributed by atoms with E-state index in [1.165, 1.54) is 0 Å². The molecule has 3 heterocycles. The van der Waals surface area contributed by atoms with Gasteiger partial charge >= 0.3 is 5.97 Å². The molecule has 0 amide bonds. The quantitative estimate of drug-likeness (QED) is 0.668. The van der Waals surface area contributed by atoms with Crippen molar-refractivity contribution in [1.29, 1.82) is 0 Å². The summed E-state index contributed by atoms with van der Waals surface area (Å²) in [6.45, 7) is 3.58. The van der Waals surface area contributed by atoms with Crippen LogP contribution in [0.2, 0.25) is 0 Å². The van der Waals surface area contributed by atoms with E-state index in [-0.39, 0.29) is 17.3 Å². The van der Waals surface area contributed by atoms with Gasteiger partial charge in [0.05, 0.1) is 11.1 Å². The molecule has 1 aromatic heterocycles. The maximum absolute atomic E-state index is 11.6. The van der Waals surface area contributed by atoms with Gasteiger partial charge in [-0.2, -0.15) is 0 Å². The van der Waals surface area contributed by atoms with E-state index in [2.05, 4.69) is 17.0 Å². The molecule has 5 rings (SSSR count). The summed E-state index contributed by atoms with van der Waals surface area (Å²) in [6.07, 6.45) is 2.95. The third-order valence-corrected chi connectivity index (χ3v) is 6.07. The van der Waals surface area contributed by atoms with Gasteiger partial charge in [0.25, 0.3) is 0 Å². The Labute approximate surface area is 169 Å². The summed E-state index contributed by atoms with van der Waals surface area (Å²) in [4.78, 5) is 23.5. The van der Waals surface area contributed by atoms with Crippen molar-refractivity contribution >= 4 is 22.7 Å². The largest absolute Gasteiger partial charge is 0.507 e. The maximum Gasteiger partial charge on any atom is 0.306 e. The van der Waals surface area contributed by atoms with E-state index in [4.69, 9.17) is 14.7 Å². The highest BCUT2D eigenvalue weighted by molar-refractivity contribution is 5.92. The van der Waals surface area contributed by atoms with Crippen molar-refractivity contribution in [2.24, 2.45) is 0 Å². The van der Waals surface area contributed by atoms with Crippen molar-refractivity contribution in [2.45, 2.75) is 38.2 Å². The van der Waals surface area contributed by atoms with Crippen LogP contribution in [0.15, 0.2) is 42.5 Å². The third kappa shape index (κ3) is 3.18. The summed E-state index contributed by atoms with van der Waals surface area (Å²) in [5.41, 5.74) is 2.31. The molecule has 2 aromatic carbocycles. The average molecular weight is 389 g/mol. The highest BCUT2D eigenvalue weighted by Gasteiger charge is 2.43. The average Bonchev–Trinajstić information content (AvgIpc) is 3.08. The van der Waals surface area contributed by atoms with E-state index >= 15 is 0 Å². The highest BCUT2D eigenvalue weighted by atomic mass is 16.6. The molecule has 148 valence electrons. The molecule has 2 saturated heterocycles. The van der Waals surface area contributed by atoms with Crippen LogP contribution in [0.3, 0.4) is 0 Å². The number of ether oxygens (including phenoxy) is 1. The molecule has 6 nitrogen and oxygen atoms in total. The van der Waals surface area contributed by atoms with Crippen molar-refractivity contribution < 1.29 is 14.6 Å². The molecule has 2 aliphatic heterocycles. The van der Waals surface area contributed by atoms with Crippen LogP contribution in [0.5, 0.6) is 5.75 Å². The van der Waals surface area contributed by atoms with Crippen LogP contribution in [0, 0.1) is 6.92 Å². The fraction of sp³-hybridized carbons (Fsp3) is 0.348. The first-order valence-electron chi connectivity index (χ1n) is 10.1. The Kier molecular flexibility index (Phi) is 4.15. The van der Waals surface area contributed by atoms with Crippen molar-refractivity contribution in [3.63, 3.8) is 0 Å². The van der Waals surface area contributed by atoms with Crippen molar-refractivity contribution in [1.82, 2.24) is 9.97 Å². The molecule has 0 bridgehead atoms. The Morgan fingerprint density at radius 2 is 1.86 bits per heavy atom. The monoisotopic (exact) mass is 389 g/mol. The zero-order valence-electron chi connectivity index (χ0n) is 16.4. The van der Waals surface area contributed by atoms with Crippen LogP contribution < -0.4 is 4.90 Å². The molecule has 29 heavy (non-hydrogen) atoms. The lowest BCUT2D eigenvalue weighted by Crippen LogP contribution is -2.44. The minimum Gasteiger partial charge on any atom is -0.507 e. The first kappa shape index (κ1) is 17.9. The second-order valence-electron chi connectivity index (χ2n) is 8.05. The summed E-state index contributed by atoms with van der Waals surface area (Å²) < 4.78 is 5.65. The lowest BCUT2D eigenvalue weighted by atomic mass is 9.88. The van der Waals surface area contributed by atoms with Crippen LogP contribution in [-0.2, 0) is 9.53 Å². The second-order valence-corrected chi connectivity index (χ2v) is 8.05. The SMILES string of the molecule is Cc1ccc2c(N3CCC4(CCC(=O)O4)CC3)nc(-c3ccccc3O)nc2c1. The van der Waals surface area contributed by atoms with Crippen molar-refractivity contribution in [3.05, 3.63) is 48.0 Å². The Morgan fingerprint density at radius 1 is 1.07 bits per heavy atom. The number of phenolic OH excluding ortho intramolecular Hbond substituents is 1. The maximum atomic E-state index is 11.6. The number of phenols is 1. The normalized spacial score (nSPS) is 18.4. The van der Waals surface area contributed by atoms with Gasteiger partial charge in [0.2, 0.25) is 0 Å². The number of aryl methyl sites for hydroxylation is 1. The van der Waals surface area contributed by atoms with Gasteiger partial charge in [-0.25, -0.2) is 9.97 Å². The van der Waals surface area contributed by atoms with Crippen LogP contribution in [0.1, 0.15) is 31.2 Å². The van der Waals surface area contributed by atoms with Crippen LogP contribution >= 0.6 is 0 Å². The van der Waals surface area contributed by atoms with Gasteiger partial charge < -0.3 is 14.7 Å². The number of aromatic nitrogens is 2. The van der Waals surface area contributed by atoms with Gasteiger partial charge in [0, 0.05) is 37.7 Å². The van der Waals surface area contributed by atoms with Crippen molar-refractivity contribution in [3.8, 4) is 17.1 Å². The smallest absolute Gasteiger partial charge is 0.306 e. The predicted molar refractivity (Wildman–Crippen MR) is 111 cm³/mol. The number of piperidine rings is 1. The fourth-order valence-electron chi connectivity index (χ4n) is 4.40. The van der Waals surface area contributed by atoms with Crippen LogP contribution in [0.25, 0.3) is 22.3 Å². The number of para-hydroxylation sites is 1. The highest BCUT2D eigenvalue weighted by Crippen LogP contribution is 2.39. The molecular weight excluding hydrogens is 366 g/mol. The predicted octanol–water partition coefficient (Wildman–Crippen LogP) is 3.99. The fourth-order valence-corrected chi connectivity index (χ4v) is 4.40. The van der Waals surface area contributed by atoms with Crippen molar-refractivity contribution in [2.75, 3.05) is 18.0 Å². The molecular formula is C23H23N3O3. The Balaban J connectivity index is 1.56. The summed E-state index contributed by atoms with van der Waals surface area (Å²) in [5.74, 6) is 1.47. The number of carbonyl (C=O) groups excluding carboxylic acids is 1. The molecule has 0 radical (unpaired) electrons. The number of aromatic hydroxyl groups is 1. The van der Waals surface area contributed by atoms with E-state index in [0.29, 0.717) is 17.8 Å². The van der Waals surface area contributed by atoms with Crippen LogP contribution in [-0.4, -0.2) is 39.7 Å². The standard InChI is InChI=1S/C23H23N3O3/c1-15-6-7-16-18(14-15)24-21(17-4-2-3-5-19(17)27)25-22(16)26-12-10-23(11-13-26)9-8-20(28)29-23/h2-7,14,27H,8-13H2,1H3. The number of rotatable bonds is 2. The van der Waals surface area contributed by atoms with E-state index < -0.39 is 0 Å². The van der Waals surface area contributed by atoms with Crippen LogP contribution in [0.4, 0.5) is 5.82 Å². The lowest BCUT2D eigenvalue weighted by molar-refractivity contribution is -0.149. The summed E-state index contributed by atoms with van der Waals surface area (Å²) in [6, 6.07) is 13.3. The Bertz CT molecular complexity index is 1100. The van der Waals surface area contributed by atoms with E-state index in [1.807, 2.05) is 25.1 Å². The van der Waals surface area contributed by atoms with Gasteiger partial charge in [0.15, 0.2) is 5.82 Å². The minimum absolute atomic E-state index is 0.0803. The lowest BCUT2D eigenvalue weighted by Gasteiger charge is -2.38. The number of nitrogens with zero attached hydrogens (tertiary/aromatic N) is 3. The summed E-state index contributed by atoms with van der Waals surface area (Å²) in [5, 5.41) is 11.3. The van der Waals surface area contributed by atoms with E-state index in [9.17, 15) is 9.90 Å². The van der Waals surface area contributed by atoms with E-state index in [0.717, 1.165) is 54.6 Å². The number of anilines is 1. The molecule has 0 aliphatic carbocycles. The van der Waals surface area contributed by atoms with Gasteiger partial charge in [-0.15, -0.1) is 0 Å². The topological polar surface area (TPSA) is 75.6 Å². The van der Waals surface area contributed by atoms with Gasteiger partial charge in [-0.05, 0) is 43.2 Å². The molecule has 2 fully saturated rings. The zero-order valence-corrected chi connectivity index (χ0v) is 16.4. The number of benzene rings is 2. The second kappa shape index (κ2) is 6.72. The molecule has 1 spiro atoms. The molecule has 3 aromatic rings. The number of esters is 1. The minimum atomic E-state index is -0.298. The third-order valence-electron chi connectivity index (χ3n) is 6.07. The number of hydrogen-bond acceptors (Lipinski definition) is 6. The molecule has 0 unspecified atom stereocenters. The van der Waals surface area contributed by atoms with Gasteiger partial charge in [-0.1, -0.05) is 18.2 Å². The summed E-state index contributed by atoms with van der Waals surface area (Å²) in [7, 11) is 0.